The fourth-order valence-electron chi connectivity index (χ4n) is 4.97. The molecule has 1 saturated carbocycles. The Morgan fingerprint density at radius 3 is 2.58 bits per heavy atom. The molecule has 26 heavy (non-hydrogen) atoms. The van der Waals surface area contributed by atoms with E-state index in [1.54, 1.807) is 0 Å². The number of benzene rings is 1. The van der Waals surface area contributed by atoms with Gasteiger partial charge in [0.1, 0.15) is 0 Å². The van der Waals surface area contributed by atoms with E-state index < -0.39 is 0 Å². The van der Waals surface area contributed by atoms with Gasteiger partial charge >= 0.3 is 0 Å². The van der Waals surface area contributed by atoms with Gasteiger partial charge in [-0.15, -0.1) is 0 Å². The Labute approximate surface area is 156 Å². The molecule has 4 nitrogen and oxygen atoms in total. The van der Waals surface area contributed by atoms with Gasteiger partial charge < -0.3 is 14.5 Å². The fourth-order valence-corrected chi connectivity index (χ4v) is 4.97. The Morgan fingerprint density at radius 2 is 1.88 bits per heavy atom. The number of rotatable bonds is 4. The van der Waals surface area contributed by atoms with Gasteiger partial charge in [-0.25, -0.2) is 0 Å². The van der Waals surface area contributed by atoms with Crippen LogP contribution in [0, 0.1) is 5.92 Å². The molecule has 4 heteroatoms. The Balaban J connectivity index is 1.32. The number of carbonyl (C=O) groups excluding carboxylic acids is 1. The van der Waals surface area contributed by atoms with Gasteiger partial charge in [0.05, 0.1) is 18.1 Å². The summed E-state index contributed by atoms with van der Waals surface area (Å²) in [5, 5.41) is 0. The van der Waals surface area contributed by atoms with Crippen LogP contribution in [0.4, 0.5) is 0 Å². The molecule has 1 atom stereocenters. The average molecular weight is 354 g/mol. The summed E-state index contributed by atoms with van der Waals surface area (Å²) in [5.74, 6) is 1.23. The zero-order valence-corrected chi connectivity index (χ0v) is 15.7. The highest BCUT2D eigenvalue weighted by molar-refractivity contribution is 5.77. The van der Waals surface area contributed by atoms with E-state index >= 15 is 0 Å². The van der Waals surface area contributed by atoms with Crippen molar-refractivity contribution >= 4 is 5.91 Å². The van der Waals surface area contributed by atoms with Crippen molar-refractivity contribution in [2.45, 2.75) is 56.7 Å². The molecule has 1 spiro atoms. The lowest BCUT2D eigenvalue weighted by Gasteiger charge is -2.48. The van der Waals surface area contributed by atoms with E-state index in [1.807, 2.05) is 4.90 Å². The van der Waals surface area contributed by atoms with Crippen LogP contribution < -0.4 is 0 Å². The molecule has 1 aromatic carbocycles. The van der Waals surface area contributed by atoms with Gasteiger partial charge in [0.25, 0.3) is 0 Å². The predicted molar refractivity (Wildman–Crippen MR) is 101 cm³/mol. The van der Waals surface area contributed by atoms with E-state index in [2.05, 4.69) is 29.2 Å². The van der Waals surface area contributed by atoms with Gasteiger partial charge in [0.2, 0.25) is 5.91 Å². The minimum atomic E-state index is -0.172. The van der Waals surface area contributed by atoms with Crippen LogP contribution in [0.3, 0.4) is 0 Å². The molecular weight excluding hydrogens is 324 g/mol. The number of amides is 1. The number of likely N-dealkylation sites (tertiary alicyclic amines) is 2. The summed E-state index contributed by atoms with van der Waals surface area (Å²) in [7, 11) is 0. The maximum Gasteiger partial charge on any atom is 0.225 e. The summed E-state index contributed by atoms with van der Waals surface area (Å²) < 4.78 is 6.73. The molecule has 0 N–H and O–H groups in total. The van der Waals surface area contributed by atoms with Crippen molar-refractivity contribution in [2.24, 2.45) is 5.92 Å². The second kappa shape index (κ2) is 6.65. The molecule has 140 valence electrons. The van der Waals surface area contributed by atoms with E-state index in [1.165, 1.54) is 30.5 Å². The molecule has 1 unspecified atom stereocenters. The second-order valence-electron chi connectivity index (χ2n) is 8.78. The first-order chi connectivity index (χ1) is 12.7. The van der Waals surface area contributed by atoms with Gasteiger partial charge in [-0.2, -0.15) is 0 Å². The van der Waals surface area contributed by atoms with Crippen LogP contribution in [0.15, 0.2) is 24.3 Å². The van der Waals surface area contributed by atoms with Crippen molar-refractivity contribution in [1.29, 1.82) is 0 Å². The molecule has 3 heterocycles. The van der Waals surface area contributed by atoms with E-state index in [-0.39, 0.29) is 17.6 Å². The smallest absolute Gasteiger partial charge is 0.225 e. The Kier molecular flexibility index (Phi) is 4.29. The molecule has 4 aliphatic rings. The number of ether oxygens (including phenoxy) is 1. The van der Waals surface area contributed by atoms with Crippen LogP contribution in [-0.2, 0) is 21.6 Å². The van der Waals surface area contributed by atoms with Crippen molar-refractivity contribution in [2.75, 3.05) is 32.7 Å². The molecule has 5 rings (SSSR count). The third-order valence-electron chi connectivity index (χ3n) is 6.84. The SMILES string of the molecule is O=C(CC1Cc2ccccc2C2(CCN(CC3CC3)CC2)O1)N1CCC1. The van der Waals surface area contributed by atoms with Crippen LogP contribution >= 0.6 is 0 Å². The minimum absolute atomic E-state index is 0.0352. The Bertz CT molecular complexity index is 672. The maximum atomic E-state index is 12.5. The zero-order chi connectivity index (χ0) is 17.6. The summed E-state index contributed by atoms with van der Waals surface area (Å²) in [5.41, 5.74) is 2.61. The zero-order valence-electron chi connectivity index (χ0n) is 15.7. The minimum Gasteiger partial charge on any atom is -0.366 e. The first kappa shape index (κ1) is 16.8. The summed E-state index contributed by atoms with van der Waals surface area (Å²) in [6, 6.07) is 8.79. The third kappa shape index (κ3) is 3.18. The lowest BCUT2D eigenvalue weighted by atomic mass is 9.77. The second-order valence-corrected chi connectivity index (χ2v) is 8.78. The van der Waals surface area contributed by atoms with Crippen molar-refractivity contribution in [3.8, 4) is 0 Å². The van der Waals surface area contributed by atoms with Crippen molar-refractivity contribution < 1.29 is 9.53 Å². The molecule has 3 aliphatic heterocycles. The van der Waals surface area contributed by atoms with Crippen LogP contribution in [-0.4, -0.2) is 54.5 Å². The van der Waals surface area contributed by atoms with Gasteiger partial charge in [-0.05, 0) is 55.6 Å². The molecule has 1 aliphatic carbocycles. The molecule has 1 amide bonds. The van der Waals surface area contributed by atoms with E-state index in [0.29, 0.717) is 6.42 Å². The van der Waals surface area contributed by atoms with Gasteiger partial charge in [0, 0.05) is 32.7 Å². The predicted octanol–water partition coefficient (Wildman–Crippen LogP) is 2.95. The number of nitrogens with zero attached hydrogens (tertiary/aromatic N) is 2. The maximum absolute atomic E-state index is 12.5. The highest BCUT2D eigenvalue weighted by Crippen LogP contribution is 2.44. The van der Waals surface area contributed by atoms with E-state index in [4.69, 9.17) is 4.74 Å². The highest BCUT2D eigenvalue weighted by Gasteiger charge is 2.44. The molecular formula is C22H30N2O2. The number of piperidine rings is 1. The Hall–Kier alpha value is -1.39. The Morgan fingerprint density at radius 1 is 1.12 bits per heavy atom. The van der Waals surface area contributed by atoms with Crippen molar-refractivity contribution in [1.82, 2.24) is 9.80 Å². The average Bonchev–Trinajstić information content (AvgIpc) is 3.40. The standard InChI is InChI=1S/C22H30N2O2/c25-21(24-10-3-11-24)15-19-14-18-4-1-2-5-20(18)22(26-19)8-12-23(13-9-22)16-17-6-7-17/h1-2,4-5,17,19H,3,6-16H2. The van der Waals surface area contributed by atoms with Crippen molar-refractivity contribution in [3.05, 3.63) is 35.4 Å². The summed E-state index contributed by atoms with van der Waals surface area (Å²) >= 11 is 0. The van der Waals surface area contributed by atoms with E-state index in [0.717, 1.165) is 57.8 Å². The lowest BCUT2D eigenvalue weighted by Crippen LogP contribution is -2.50. The quantitative estimate of drug-likeness (QED) is 0.833. The molecule has 0 bridgehead atoms. The number of hydrogen-bond acceptors (Lipinski definition) is 3. The fraction of sp³-hybridized carbons (Fsp3) is 0.682. The van der Waals surface area contributed by atoms with Crippen LogP contribution in [0.1, 0.15) is 49.7 Å². The lowest BCUT2D eigenvalue weighted by molar-refractivity contribution is -0.157. The number of carbonyl (C=O) groups is 1. The number of hydrogen-bond donors (Lipinski definition) is 0. The monoisotopic (exact) mass is 354 g/mol. The molecule has 3 fully saturated rings. The summed E-state index contributed by atoms with van der Waals surface area (Å²) in [6.45, 7) is 5.39. The molecule has 0 radical (unpaired) electrons. The first-order valence-corrected chi connectivity index (χ1v) is 10.5. The molecule has 1 aromatic rings. The van der Waals surface area contributed by atoms with Gasteiger partial charge in [-0.1, -0.05) is 24.3 Å². The van der Waals surface area contributed by atoms with E-state index in [9.17, 15) is 4.79 Å². The van der Waals surface area contributed by atoms with Crippen molar-refractivity contribution in [3.63, 3.8) is 0 Å². The number of fused-ring (bicyclic) bond motifs is 2. The molecule has 2 saturated heterocycles. The van der Waals surface area contributed by atoms with Gasteiger partial charge in [-0.3, -0.25) is 4.79 Å². The van der Waals surface area contributed by atoms with Crippen LogP contribution in [0.25, 0.3) is 0 Å². The highest BCUT2D eigenvalue weighted by atomic mass is 16.5. The van der Waals surface area contributed by atoms with Gasteiger partial charge in [0.15, 0.2) is 0 Å². The normalized spacial score (nSPS) is 27.8. The largest absolute Gasteiger partial charge is 0.366 e. The molecule has 0 aromatic heterocycles. The topological polar surface area (TPSA) is 32.8 Å². The third-order valence-corrected chi connectivity index (χ3v) is 6.84. The first-order valence-electron chi connectivity index (χ1n) is 10.5. The summed E-state index contributed by atoms with van der Waals surface area (Å²) in [6.07, 6.45) is 7.57. The van der Waals surface area contributed by atoms with Crippen LogP contribution in [0.2, 0.25) is 0 Å². The van der Waals surface area contributed by atoms with Crippen LogP contribution in [0.5, 0.6) is 0 Å². The summed E-state index contributed by atoms with van der Waals surface area (Å²) in [4.78, 5) is 17.1.